The minimum atomic E-state index is -6.08. The highest BCUT2D eigenvalue weighted by molar-refractivity contribution is 5.79. The van der Waals surface area contributed by atoms with Crippen LogP contribution in [0.1, 0.15) is 65.7 Å². The summed E-state index contributed by atoms with van der Waals surface area (Å²) in [4.78, 5) is 12.5. The molecule has 1 rings (SSSR count). The number of hydrogen-bond donors (Lipinski definition) is 1. The van der Waals surface area contributed by atoms with E-state index in [1.807, 2.05) is 0 Å². The molecule has 1 aliphatic rings. The van der Waals surface area contributed by atoms with Gasteiger partial charge < -0.3 is 9.84 Å². The van der Waals surface area contributed by atoms with Crippen LogP contribution in [0.2, 0.25) is 0 Å². The molecule has 0 radical (unpaired) electrons. The lowest BCUT2D eigenvalue weighted by atomic mass is 9.69. The summed E-state index contributed by atoms with van der Waals surface area (Å²) in [6.07, 6.45) is -9.80. The monoisotopic (exact) mass is 378 g/mol. The van der Waals surface area contributed by atoms with Crippen molar-refractivity contribution < 1.29 is 41.0 Å². The Kier molecular flexibility index (Phi) is 6.14. The van der Waals surface area contributed by atoms with Gasteiger partial charge in [-0.05, 0) is 45.4 Å². The maximum absolute atomic E-state index is 13.2. The molecule has 0 heterocycles. The molecule has 0 aliphatic heterocycles. The van der Waals surface area contributed by atoms with Crippen LogP contribution in [0.4, 0.5) is 26.3 Å². The number of carbonyl (C=O) groups is 1. The minimum Gasteiger partial charge on any atom is -0.459 e. The molecular formula is C16H24F6O3. The van der Waals surface area contributed by atoms with Gasteiger partial charge in [0.25, 0.3) is 5.60 Å². The van der Waals surface area contributed by atoms with E-state index in [0.717, 1.165) is 13.3 Å². The van der Waals surface area contributed by atoms with Gasteiger partial charge >= 0.3 is 18.3 Å². The second kappa shape index (κ2) is 6.96. The fraction of sp³-hybridized carbons (Fsp3) is 0.938. The third kappa shape index (κ3) is 3.61. The Labute approximate surface area is 142 Å². The summed E-state index contributed by atoms with van der Waals surface area (Å²) in [5.74, 6) is -1.67. The van der Waals surface area contributed by atoms with Crippen molar-refractivity contribution >= 4 is 5.97 Å². The molecule has 0 aromatic heterocycles. The molecule has 0 bridgehead atoms. The number of ether oxygens (including phenoxy) is 1. The largest absolute Gasteiger partial charge is 0.459 e. The molecule has 1 unspecified atom stereocenters. The van der Waals surface area contributed by atoms with Gasteiger partial charge in [0.1, 0.15) is 11.0 Å². The molecule has 148 valence electrons. The highest BCUT2D eigenvalue weighted by Gasteiger charge is 2.80. The van der Waals surface area contributed by atoms with Crippen LogP contribution in [-0.4, -0.2) is 34.6 Å². The zero-order valence-corrected chi connectivity index (χ0v) is 14.5. The van der Waals surface area contributed by atoms with Gasteiger partial charge in [0, 0.05) is 0 Å². The van der Waals surface area contributed by atoms with E-state index in [2.05, 4.69) is 0 Å². The first-order chi connectivity index (χ1) is 11.2. The maximum Gasteiger partial charge on any atom is 0.427 e. The average Bonchev–Trinajstić information content (AvgIpc) is 2.51. The predicted octanol–water partition coefficient (Wildman–Crippen LogP) is 4.91. The van der Waals surface area contributed by atoms with Crippen LogP contribution >= 0.6 is 0 Å². The van der Waals surface area contributed by atoms with Crippen molar-refractivity contribution in [3.63, 3.8) is 0 Å². The number of halogens is 6. The zero-order valence-electron chi connectivity index (χ0n) is 14.5. The summed E-state index contributed by atoms with van der Waals surface area (Å²) in [6, 6.07) is 0. The van der Waals surface area contributed by atoms with Crippen molar-refractivity contribution in [1.29, 1.82) is 0 Å². The molecular weight excluding hydrogens is 354 g/mol. The van der Waals surface area contributed by atoms with Crippen LogP contribution in [0.3, 0.4) is 0 Å². The van der Waals surface area contributed by atoms with Gasteiger partial charge in [-0.3, -0.25) is 4.79 Å². The number of alkyl halides is 6. The maximum atomic E-state index is 13.2. The van der Waals surface area contributed by atoms with Crippen molar-refractivity contribution in [2.45, 2.75) is 89.3 Å². The van der Waals surface area contributed by atoms with Gasteiger partial charge in [-0.2, -0.15) is 26.3 Å². The second-order valence-corrected chi connectivity index (χ2v) is 6.88. The summed E-state index contributed by atoms with van der Waals surface area (Å²) in [5.41, 5.74) is -9.48. The van der Waals surface area contributed by atoms with E-state index in [0.29, 0.717) is 32.6 Å². The Bertz CT molecular complexity index is 465. The van der Waals surface area contributed by atoms with Crippen LogP contribution in [0.5, 0.6) is 0 Å². The van der Waals surface area contributed by atoms with Gasteiger partial charge in [-0.25, -0.2) is 0 Å². The molecule has 0 amide bonds. The topological polar surface area (TPSA) is 46.5 Å². The van der Waals surface area contributed by atoms with Gasteiger partial charge in [-0.15, -0.1) is 0 Å². The number of hydrogen-bond acceptors (Lipinski definition) is 3. The summed E-state index contributed by atoms with van der Waals surface area (Å²) < 4.78 is 84.5. The predicted molar refractivity (Wildman–Crippen MR) is 77.7 cm³/mol. The summed E-state index contributed by atoms with van der Waals surface area (Å²) in [7, 11) is 0. The van der Waals surface area contributed by atoms with Crippen molar-refractivity contribution in [2.24, 2.45) is 5.41 Å². The molecule has 25 heavy (non-hydrogen) atoms. The van der Waals surface area contributed by atoms with E-state index < -0.39 is 41.4 Å². The molecule has 0 saturated heterocycles. The van der Waals surface area contributed by atoms with Gasteiger partial charge in [0.05, 0.1) is 0 Å². The van der Waals surface area contributed by atoms with Crippen molar-refractivity contribution in [3.05, 3.63) is 0 Å². The normalized spacial score (nSPS) is 21.5. The Morgan fingerprint density at radius 2 is 1.44 bits per heavy atom. The van der Waals surface area contributed by atoms with Crippen LogP contribution in [0.25, 0.3) is 0 Å². The number of carbonyl (C=O) groups excluding carboxylic acids is 1. The molecule has 0 spiro atoms. The lowest BCUT2D eigenvalue weighted by Gasteiger charge is -2.46. The first-order valence-electron chi connectivity index (χ1n) is 8.30. The highest BCUT2D eigenvalue weighted by atomic mass is 19.4. The molecule has 9 heteroatoms. The molecule has 1 aliphatic carbocycles. The molecule has 0 aromatic carbocycles. The van der Waals surface area contributed by atoms with Crippen molar-refractivity contribution in [1.82, 2.24) is 0 Å². The first-order valence-corrected chi connectivity index (χ1v) is 8.30. The van der Waals surface area contributed by atoms with E-state index >= 15 is 0 Å². The molecule has 1 atom stereocenters. The fourth-order valence-electron chi connectivity index (χ4n) is 3.37. The van der Waals surface area contributed by atoms with Gasteiger partial charge in [0.15, 0.2) is 0 Å². The van der Waals surface area contributed by atoms with Gasteiger partial charge in [-0.1, -0.05) is 20.3 Å². The zero-order chi connectivity index (χ0) is 19.7. The van der Waals surface area contributed by atoms with Crippen LogP contribution < -0.4 is 0 Å². The molecule has 1 saturated carbocycles. The average molecular weight is 378 g/mol. The second-order valence-electron chi connectivity index (χ2n) is 6.88. The molecule has 3 nitrogen and oxygen atoms in total. The third-order valence-electron chi connectivity index (χ3n) is 5.49. The smallest absolute Gasteiger partial charge is 0.427 e. The summed E-state index contributed by atoms with van der Waals surface area (Å²) in [5, 5.41) is 9.71. The number of aliphatic hydroxyl groups is 1. The Morgan fingerprint density at radius 1 is 1.00 bits per heavy atom. The van der Waals surface area contributed by atoms with Gasteiger partial charge in [0.2, 0.25) is 0 Å². The Balaban J connectivity index is 3.33. The molecule has 1 fully saturated rings. The van der Waals surface area contributed by atoms with E-state index in [-0.39, 0.29) is 6.42 Å². The van der Waals surface area contributed by atoms with E-state index in [4.69, 9.17) is 4.74 Å². The van der Waals surface area contributed by atoms with Crippen molar-refractivity contribution in [3.8, 4) is 0 Å². The Morgan fingerprint density at radius 3 is 1.76 bits per heavy atom. The van der Waals surface area contributed by atoms with Crippen LogP contribution in [0.15, 0.2) is 0 Å². The standard InChI is InChI=1S/C16H24F6O3/c1-4-12(3,14(24,15(17,18)19)16(20,21)22)11(23)25-13(5-2)9-7-6-8-10-13/h24H,4-10H2,1-3H3. The minimum absolute atomic E-state index is 0.287. The first kappa shape index (κ1) is 22.1. The number of esters is 1. The van der Waals surface area contributed by atoms with E-state index in [9.17, 15) is 36.2 Å². The lowest BCUT2D eigenvalue weighted by molar-refractivity contribution is -0.399. The quantitative estimate of drug-likeness (QED) is 0.546. The van der Waals surface area contributed by atoms with E-state index in [1.165, 1.54) is 0 Å². The SMILES string of the molecule is CCC1(OC(=O)C(C)(CC)C(O)(C(F)(F)F)C(F)(F)F)CCCCC1. The third-order valence-corrected chi connectivity index (χ3v) is 5.49. The van der Waals surface area contributed by atoms with Crippen LogP contribution in [0, 0.1) is 5.41 Å². The fourth-order valence-corrected chi connectivity index (χ4v) is 3.37. The summed E-state index contributed by atoms with van der Waals surface area (Å²) in [6.45, 7) is 3.12. The summed E-state index contributed by atoms with van der Waals surface area (Å²) >= 11 is 0. The van der Waals surface area contributed by atoms with E-state index in [1.54, 1.807) is 6.92 Å². The Hall–Kier alpha value is -0.990. The van der Waals surface area contributed by atoms with Crippen molar-refractivity contribution in [2.75, 3.05) is 0 Å². The molecule has 0 aromatic rings. The van der Waals surface area contributed by atoms with Crippen LogP contribution in [-0.2, 0) is 9.53 Å². The molecule has 1 N–H and O–H groups in total. The lowest BCUT2D eigenvalue weighted by Crippen LogP contribution is -2.69. The number of rotatable bonds is 5. The highest BCUT2D eigenvalue weighted by Crippen LogP contribution is 2.55.